The Morgan fingerprint density at radius 2 is 0.486 bits per heavy atom. The lowest BCUT2D eigenvalue weighted by Crippen LogP contribution is -2.61. The summed E-state index contributed by atoms with van der Waals surface area (Å²) in [6.45, 7) is -0.357. The SMILES string of the molecule is c1ccc(C(c2cccc(-c3ccc4c(c3)B3c5ccccc5N(c5ccccc5)c5cc(-n6c7ccccc7c7c(-c8ccc9c(c8)B8c%10ccccc%10N(c%10ccccc%10)c%10cc(-c%11ccc(N(c%12ccccc%12)c%12ccccc%12)cc%11)cc(c%108)N9c8ccccc8)cccc76)cc(c53)N4c3ccccc3)c2)c2cc3c4c(c2)N(c2ccccc2)c2ccccc2B4c2ccccc2N3c2ccccc2)cc1. The molecule has 0 saturated heterocycles. The molecular formula is C133H89B3N8. The minimum atomic E-state index is -0.189. The van der Waals surface area contributed by atoms with E-state index in [-0.39, 0.29) is 26.1 Å². The Bertz CT molecular complexity index is 8830. The first-order chi connectivity index (χ1) is 71.5. The van der Waals surface area contributed by atoms with Gasteiger partial charge in [0.25, 0.3) is 20.1 Å². The van der Waals surface area contributed by atoms with E-state index in [9.17, 15) is 0 Å². The molecule has 0 radical (unpaired) electrons. The Hall–Kier alpha value is -18.6. The van der Waals surface area contributed by atoms with E-state index >= 15 is 0 Å². The molecule has 1 unspecified atom stereocenters. The van der Waals surface area contributed by atoms with E-state index in [2.05, 4.69) is 573 Å². The van der Waals surface area contributed by atoms with Crippen molar-refractivity contribution in [3.63, 3.8) is 0 Å². The largest absolute Gasteiger partial charge is 0.311 e. The molecule has 0 spiro atoms. The van der Waals surface area contributed by atoms with E-state index in [0.29, 0.717) is 0 Å². The van der Waals surface area contributed by atoms with Crippen LogP contribution in [0.25, 0.3) is 60.9 Å². The summed E-state index contributed by atoms with van der Waals surface area (Å²) in [5.41, 5.74) is 48.8. The van der Waals surface area contributed by atoms with Crippen LogP contribution in [0.1, 0.15) is 22.6 Å². The van der Waals surface area contributed by atoms with Crippen molar-refractivity contribution in [1.82, 2.24) is 4.57 Å². The summed E-state index contributed by atoms with van der Waals surface area (Å²) in [6.07, 6.45) is 0. The molecule has 0 saturated carbocycles. The lowest BCUT2D eigenvalue weighted by Gasteiger charge is -2.44. The summed E-state index contributed by atoms with van der Waals surface area (Å²) in [7, 11) is 0. The minimum absolute atomic E-state index is 0.0143. The first kappa shape index (κ1) is 82.5. The molecule has 1 aromatic heterocycles. The van der Waals surface area contributed by atoms with Crippen molar-refractivity contribution in [1.29, 1.82) is 0 Å². The average Bonchev–Trinajstić information content (AvgIpc) is 1.64. The third-order valence-electron chi connectivity index (χ3n) is 30.7. The molecule has 670 valence electrons. The maximum absolute atomic E-state index is 2.57. The van der Waals surface area contributed by atoms with Gasteiger partial charge in [0.15, 0.2) is 0 Å². The van der Waals surface area contributed by atoms with Gasteiger partial charge in [-0.15, -0.1) is 0 Å². The number of nitrogens with zero attached hydrogens (tertiary/aromatic N) is 8. The summed E-state index contributed by atoms with van der Waals surface area (Å²) < 4.78 is 2.57. The molecule has 0 bridgehead atoms. The number of para-hydroxylation sites is 13. The Balaban J connectivity index is 0.592. The fraction of sp³-hybridized carbons (Fsp3) is 0.00752. The topological polar surface area (TPSA) is 27.6 Å². The van der Waals surface area contributed by atoms with Gasteiger partial charge in [-0.25, -0.2) is 0 Å². The predicted molar refractivity (Wildman–Crippen MR) is 608 cm³/mol. The van der Waals surface area contributed by atoms with E-state index in [1.54, 1.807) is 0 Å². The van der Waals surface area contributed by atoms with E-state index < -0.39 is 0 Å². The zero-order valence-corrected chi connectivity index (χ0v) is 78.7. The van der Waals surface area contributed by atoms with Crippen LogP contribution in [0.2, 0.25) is 0 Å². The fourth-order valence-corrected chi connectivity index (χ4v) is 24.8. The minimum Gasteiger partial charge on any atom is -0.311 e. The zero-order chi connectivity index (χ0) is 94.6. The summed E-state index contributed by atoms with van der Waals surface area (Å²) in [5.74, 6) is -0.187. The van der Waals surface area contributed by atoms with E-state index in [4.69, 9.17) is 0 Å². The Morgan fingerprint density at radius 1 is 0.174 bits per heavy atom. The maximum atomic E-state index is 2.57. The summed E-state index contributed by atoms with van der Waals surface area (Å²) in [6, 6.07) is 200. The molecule has 0 N–H and O–H groups in total. The number of rotatable bonds is 16. The number of fused-ring (bicyclic) bond motifs is 15. The highest BCUT2D eigenvalue weighted by Gasteiger charge is 2.49. The number of anilines is 21. The van der Waals surface area contributed by atoms with Gasteiger partial charge in [-0.3, -0.25) is 0 Å². The van der Waals surface area contributed by atoms with Crippen LogP contribution in [0.3, 0.4) is 0 Å². The monoisotopic (exact) mass is 1830 g/mol. The molecule has 8 nitrogen and oxygen atoms in total. The highest BCUT2D eigenvalue weighted by Crippen LogP contribution is 2.54. The molecule has 6 aliphatic heterocycles. The van der Waals surface area contributed by atoms with Crippen LogP contribution >= 0.6 is 0 Å². The lowest BCUT2D eigenvalue weighted by atomic mass is 9.33. The predicted octanol–water partition coefficient (Wildman–Crippen LogP) is 28.7. The second kappa shape index (κ2) is 33.6. The second-order valence-electron chi connectivity index (χ2n) is 38.5. The van der Waals surface area contributed by atoms with E-state index in [1.165, 1.54) is 99.4 Å². The number of aromatic nitrogens is 1. The summed E-state index contributed by atoms with van der Waals surface area (Å²) in [4.78, 5) is 17.6. The highest BCUT2D eigenvalue weighted by molar-refractivity contribution is 7.02. The van der Waals surface area contributed by atoms with Gasteiger partial charge < -0.3 is 38.9 Å². The van der Waals surface area contributed by atoms with Crippen molar-refractivity contribution in [3.8, 4) is 39.1 Å². The molecular weight excluding hydrogens is 1740 g/mol. The van der Waals surface area contributed by atoms with Crippen LogP contribution in [0.4, 0.5) is 119 Å². The average molecular weight is 1830 g/mol. The van der Waals surface area contributed by atoms with Crippen LogP contribution in [0.15, 0.2) is 534 Å². The smallest absolute Gasteiger partial charge is 0.252 e. The maximum Gasteiger partial charge on any atom is 0.252 e. The molecule has 22 aromatic carbocycles. The molecule has 0 amide bonds. The molecule has 23 aromatic rings. The van der Waals surface area contributed by atoms with Crippen molar-refractivity contribution in [2.75, 3.05) is 34.3 Å². The Labute approximate surface area is 838 Å². The van der Waals surface area contributed by atoms with Gasteiger partial charge in [0.05, 0.1) is 16.7 Å². The molecule has 0 aliphatic carbocycles. The summed E-state index contributed by atoms with van der Waals surface area (Å²) in [5, 5.41) is 2.36. The number of hydrogen-bond donors (Lipinski definition) is 0. The van der Waals surface area contributed by atoms with Crippen molar-refractivity contribution >= 4 is 211 Å². The van der Waals surface area contributed by atoms with Crippen molar-refractivity contribution in [2.45, 2.75) is 5.92 Å². The first-order valence-electron chi connectivity index (χ1n) is 50.0. The van der Waals surface area contributed by atoms with Crippen LogP contribution in [0.5, 0.6) is 0 Å². The van der Waals surface area contributed by atoms with Gasteiger partial charge in [0, 0.05) is 136 Å². The lowest BCUT2D eigenvalue weighted by molar-refractivity contribution is 0.976. The van der Waals surface area contributed by atoms with Gasteiger partial charge in [-0.2, -0.15) is 0 Å². The van der Waals surface area contributed by atoms with Gasteiger partial charge in [0.1, 0.15) is 0 Å². The van der Waals surface area contributed by atoms with Gasteiger partial charge >= 0.3 is 0 Å². The molecule has 11 heteroatoms. The Morgan fingerprint density at radius 3 is 0.924 bits per heavy atom. The van der Waals surface area contributed by atoms with Crippen LogP contribution in [0, 0.1) is 0 Å². The second-order valence-corrected chi connectivity index (χ2v) is 38.5. The van der Waals surface area contributed by atoms with Crippen LogP contribution in [-0.2, 0) is 0 Å². The Kier molecular flexibility index (Phi) is 19.3. The molecule has 6 aliphatic rings. The molecule has 144 heavy (non-hydrogen) atoms. The summed E-state index contributed by atoms with van der Waals surface area (Å²) >= 11 is 0. The third-order valence-corrected chi connectivity index (χ3v) is 30.7. The van der Waals surface area contributed by atoms with Crippen LogP contribution in [-0.4, -0.2) is 24.7 Å². The van der Waals surface area contributed by atoms with E-state index in [1.807, 2.05) is 0 Å². The molecule has 1 atom stereocenters. The standard InChI is InChI=1S/C133H89B3N8/c1-10-40-90(41-11-1)129(96-85-125-131-126(86-96)140(101-52-20-6-21-53-101)117-68-35-30-63-110(117)134(131)109-62-29-34-67-116(109)139(125)100-50-18-5-19-51-100)94-43-38-42-91(80-94)92-74-78-120-113(81-92)135-112-65-32-37-70-119(112)141(102-54-22-7-23-55-102)127-87-106(88-128(133(127)135)143(120)104-58-26-9-27-59-104)144-115-66-33-28-60-108(115)130-107(61-39-71-122(130)144)93-75-79-121-114(82-93)136-111-64-31-36-69-118(111)138(99-48-16-4-17-49-99)123-83-95(84-124(132(123)136)142(121)103-56-24-8-25-57-103)89-72-76-105(77-73-89)137(97-44-12-2-13-45-97)98-46-14-3-15-47-98/h1-88,129H. The van der Waals surface area contributed by atoms with Gasteiger partial charge in [-0.05, 0) is 293 Å². The molecule has 0 fully saturated rings. The third kappa shape index (κ3) is 13.1. The van der Waals surface area contributed by atoms with E-state index in [0.717, 1.165) is 147 Å². The molecule has 29 rings (SSSR count). The van der Waals surface area contributed by atoms with Gasteiger partial charge in [-0.1, -0.05) is 340 Å². The normalized spacial score (nSPS) is 13.3. The number of hydrogen-bond acceptors (Lipinski definition) is 7. The highest BCUT2D eigenvalue weighted by atomic mass is 15.2. The first-order valence-corrected chi connectivity index (χ1v) is 50.0. The van der Waals surface area contributed by atoms with Gasteiger partial charge in [0.2, 0.25) is 0 Å². The van der Waals surface area contributed by atoms with Crippen molar-refractivity contribution in [2.24, 2.45) is 0 Å². The zero-order valence-electron chi connectivity index (χ0n) is 78.7. The quantitative estimate of drug-likeness (QED) is 0.0703. The van der Waals surface area contributed by atoms with Crippen molar-refractivity contribution < 1.29 is 0 Å². The van der Waals surface area contributed by atoms with Crippen LogP contribution < -0.4 is 83.5 Å². The van der Waals surface area contributed by atoms with Crippen molar-refractivity contribution in [3.05, 3.63) is 551 Å². The molecule has 7 heterocycles. The fourth-order valence-electron chi connectivity index (χ4n) is 24.8. The number of benzene rings is 22.